The molecule has 0 aliphatic carbocycles. The Morgan fingerprint density at radius 1 is 0.909 bits per heavy atom. The lowest BCUT2D eigenvalue weighted by Crippen LogP contribution is -2.38. The van der Waals surface area contributed by atoms with Crippen LogP contribution in [0.25, 0.3) is 0 Å². The van der Waals surface area contributed by atoms with E-state index in [9.17, 15) is 0 Å². The highest BCUT2D eigenvalue weighted by molar-refractivity contribution is 6.23. The zero-order valence-corrected chi connectivity index (χ0v) is 12.8. The highest BCUT2D eigenvalue weighted by atomic mass is 17.2. The lowest BCUT2D eigenvalue weighted by atomic mass is 10.0. The minimum absolute atomic E-state index is 0.0816. The van der Waals surface area contributed by atoms with Crippen LogP contribution in [0.3, 0.4) is 0 Å². The molecule has 0 amide bonds. The standard InChI is InChI=1S/C17H21BNO3/c1-20-18-19-17(12-15-8-4-2-5-9-15)14-22-21-13-16-10-6-3-7-11-16/h2-11,17,19H,12-14H2,1H3. The highest BCUT2D eigenvalue weighted by Crippen LogP contribution is 2.05. The van der Waals surface area contributed by atoms with Crippen molar-refractivity contribution in [2.24, 2.45) is 0 Å². The molecular weight excluding hydrogens is 277 g/mol. The first-order valence-electron chi connectivity index (χ1n) is 7.31. The molecule has 22 heavy (non-hydrogen) atoms. The van der Waals surface area contributed by atoms with Gasteiger partial charge in [0.25, 0.3) is 0 Å². The van der Waals surface area contributed by atoms with E-state index in [0.717, 1.165) is 12.0 Å². The van der Waals surface area contributed by atoms with E-state index in [0.29, 0.717) is 13.2 Å². The van der Waals surface area contributed by atoms with Gasteiger partial charge in [-0.3, -0.25) is 0 Å². The van der Waals surface area contributed by atoms with E-state index in [1.165, 1.54) is 5.56 Å². The van der Waals surface area contributed by atoms with Crippen molar-refractivity contribution in [3.63, 3.8) is 0 Å². The Kier molecular flexibility index (Phi) is 7.70. The average Bonchev–Trinajstić information content (AvgIpc) is 2.58. The van der Waals surface area contributed by atoms with Gasteiger partial charge in [0.15, 0.2) is 0 Å². The largest absolute Gasteiger partial charge is 0.427 e. The molecule has 5 heteroatoms. The van der Waals surface area contributed by atoms with Crippen LogP contribution in [0.15, 0.2) is 60.7 Å². The molecule has 1 N–H and O–H groups in total. The van der Waals surface area contributed by atoms with E-state index in [1.807, 2.05) is 48.5 Å². The van der Waals surface area contributed by atoms with E-state index in [-0.39, 0.29) is 6.04 Å². The molecule has 0 spiro atoms. The fraction of sp³-hybridized carbons (Fsp3) is 0.294. The van der Waals surface area contributed by atoms with Gasteiger partial charge in [-0.05, 0) is 17.5 Å². The van der Waals surface area contributed by atoms with Gasteiger partial charge in [0, 0.05) is 13.2 Å². The quantitative estimate of drug-likeness (QED) is 0.317. The first-order valence-corrected chi connectivity index (χ1v) is 7.31. The molecule has 2 rings (SSSR count). The van der Waals surface area contributed by atoms with Crippen LogP contribution in [0.4, 0.5) is 0 Å². The van der Waals surface area contributed by atoms with Crippen LogP contribution in [0.2, 0.25) is 0 Å². The Hall–Kier alpha value is -1.66. The zero-order chi connectivity index (χ0) is 15.5. The molecule has 1 atom stereocenters. The lowest BCUT2D eigenvalue weighted by Gasteiger charge is -2.17. The molecule has 115 valence electrons. The van der Waals surface area contributed by atoms with Crippen molar-refractivity contribution in [3.8, 4) is 0 Å². The molecule has 2 aromatic rings. The van der Waals surface area contributed by atoms with Gasteiger partial charge in [-0.2, -0.15) is 0 Å². The number of rotatable bonds is 10. The lowest BCUT2D eigenvalue weighted by molar-refractivity contribution is -0.306. The second-order valence-electron chi connectivity index (χ2n) is 4.94. The summed E-state index contributed by atoms with van der Waals surface area (Å²) in [5.74, 6) is 0. The summed E-state index contributed by atoms with van der Waals surface area (Å²) in [6.45, 7) is 0.870. The molecule has 0 aliphatic heterocycles. The van der Waals surface area contributed by atoms with Crippen LogP contribution in [0.1, 0.15) is 11.1 Å². The van der Waals surface area contributed by atoms with Gasteiger partial charge in [-0.15, -0.1) is 0 Å². The van der Waals surface area contributed by atoms with E-state index < -0.39 is 0 Å². The van der Waals surface area contributed by atoms with Crippen molar-refractivity contribution in [3.05, 3.63) is 71.8 Å². The number of hydrogen-bond donors (Lipinski definition) is 1. The molecule has 0 aliphatic rings. The van der Waals surface area contributed by atoms with Crippen LogP contribution in [0, 0.1) is 0 Å². The first kappa shape index (κ1) is 16.7. The summed E-state index contributed by atoms with van der Waals surface area (Å²) < 4.78 is 4.95. The molecule has 0 fully saturated rings. The molecular formula is C17H21BNO3. The van der Waals surface area contributed by atoms with Crippen LogP contribution < -0.4 is 5.23 Å². The zero-order valence-electron chi connectivity index (χ0n) is 12.8. The van der Waals surface area contributed by atoms with Gasteiger partial charge in [-0.25, -0.2) is 9.78 Å². The number of benzene rings is 2. The Morgan fingerprint density at radius 2 is 1.55 bits per heavy atom. The molecule has 1 radical (unpaired) electrons. The van der Waals surface area contributed by atoms with E-state index in [1.54, 1.807) is 14.7 Å². The van der Waals surface area contributed by atoms with Crippen molar-refractivity contribution in [2.75, 3.05) is 13.7 Å². The third-order valence-electron chi connectivity index (χ3n) is 3.17. The minimum Gasteiger partial charge on any atom is -0.427 e. The summed E-state index contributed by atoms with van der Waals surface area (Å²) in [6.07, 6.45) is 0.829. The van der Waals surface area contributed by atoms with Crippen molar-refractivity contribution in [2.45, 2.75) is 19.1 Å². The van der Waals surface area contributed by atoms with E-state index in [2.05, 4.69) is 17.4 Å². The predicted octanol–water partition coefficient (Wildman–Crippen LogP) is 2.52. The third-order valence-corrected chi connectivity index (χ3v) is 3.17. The predicted molar refractivity (Wildman–Crippen MR) is 87.0 cm³/mol. The smallest absolute Gasteiger partial charge is 0.395 e. The molecule has 0 saturated carbocycles. The number of hydrogen-bond acceptors (Lipinski definition) is 4. The van der Waals surface area contributed by atoms with Gasteiger partial charge in [0.05, 0.1) is 6.61 Å². The summed E-state index contributed by atoms with van der Waals surface area (Å²) in [4.78, 5) is 10.6. The second kappa shape index (κ2) is 10.1. The minimum atomic E-state index is 0.0816. The van der Waals surface area contributed by atoms with Crippen LogP contribution in [-0.2, 0) is 27.5 Å². The summed E-state index contributed by atoms with van der Waals surface area (Å²) in [5.41, 5.74) is 2.31. The molecule has 4 nitrogen and oxygen atoms in total. The molecule has 2 aromatic carbocycles. The fourth-order valence-electron chi connectivity index (χ4n) is 2.04. The summed E-state index contributed by atoms with van der Waals surface area (Å²) in [7, 11) is 3.17. The molecule has 0 bridgehead atoms. The maximum absolute atomic E-state index is 5.33. The SMILES string of the molecule is CO[B]NC(COOCc1ccccc1)Cc1ccccc1. The van der Waals surface area contributed by atoms with Crippen molar-refractivity contribution in [1.29, 1.82) is 0 Å². The van der Waals surface area contributed by atoms with Crippen molar-refractivity contribution < 1.29 is 14.4 Å². The Morgan fingerprint density at radius 3 is 2.18 bits per heavy atom. The Labute approximate surface area is 132 Å². The van der Waals surface area contributed by atoms with Crippen LogP contribution in [0.5, 0.6) is 0 Å². The van der Waals surface area contributed by atoms with Gasteiger partial charge in [0.1, 0.15) is 6.61 Å². The highest BCUT2D eigenvalue weighted by Gasteiger charge is 2.11. The Bertz CT molecular complexity index is 510. The van der Waals surface area contributed by atoms with Crippen molar-refractivity contribution in [1.82, 2.24) is 5.23 Å². The normalized spacial score (nSPS) is 12.0. The summed E-state index contributed by atoms with van der Waals surface area (Å²) >= 11 is 0. The number of nitrogens with one attached hydrogen (secondary N) is 1. The average molecular weight is 298 g/mol. The second-order valence-corrected chi connectivity index (χ2v) is 4.94. The first-order chi connectivity index (χ1) is 10.9. The molecule has 0 heterocycles. The summed E-state index contributed by atoms with van der Waals surface area (Å²) in [6, 6.07) is 20.3. The monoisotopic (exact) mass is 298 g/mol. The van der Waals surface area contributed by atoms with Crippen LogP contribution >= 0.6 is 0 Å². The fourth-order valence-corrected chi connectivity index (χ4v) is 2.04. The van der Waals surface area contributed by atoms with Crippen LogP contribution in [-0.4, -0.2) is 27.4 Å². The van der Waals surface area contributed by atoms with E-state index >= 15 is 0 Å². The van der Waals surface area contributed by atoms with E-state index in [4.69, 9.17) is 14.4 Å². The van der Waals surface area contributed by atoms with Gasteiger partial charge < -0.3 is 9.88 Å². The van der Waals surface area contributed by atoms with Gasteiger partial charge >= 0.3 is 7.62 Å². The maximum Gasteiger partial charge on any atom is 0.395 e. The molecule has 0 saturated heterocycles. The van der Waals surface area contributed by atoms with Gasteiger partial charge in [0.2, 0.25) is 0 Å². The maximum atomic E-state index is 5.33. The third kappa shape index (κ3) is 6.41. The molecule has 0 aromatic heterocycles. The van der Waals surface area contributed by atoms with Crippen molar-refractivity contribution >= 4 is 7.62 Å². The summed E-state index contributed by atoms with van der Waals surface area (Å²) in [5, 5.41) is 3.16. The molecule has 1 unspecified atom stereocenters. The van der Waals surface area contributed by atoms with Gasteiger partial charge in [-0.1, -0.05) is 60.7 Å². The Balaban J connectivity index is 1.74. The topological polar surface area (TPSA) is 39.7 Å².